The molecule has 0 amide bonds. The van der Waals surface area contributed by atoms with Gasteiger partial charge in [-0.2, -0.15) is 36.4 Å². The molecule has 9 aliphatic rings. The number of benzene rings is 2. The van der Waals surface area contributed by atoms with E-state index in [1.54, 1.807) is 24.3 Å². The van der Waals surface area contributed by atoms with Crippen LogP contribution in [0, 0.1) is 63.2 Å². The molecule has 3 saturated heterocycles. The number of hydrogen-bond acceptors (Lipinski definition) is 16. The van der Waals surface area contributed by atoms with Crippen molar-refractivity contribution in [2.45, 2.75) is 221 Å². The Hall–Kier alpha value is -4.23. The molecule has 18 atom stereocenters. The number of esters is 3. The number of Topliss-reactive ketones (excluding diaryl/α,β-unsaturated/α-hetero) is 2. The van der Waals surface area contributed by atoms with Crippen LogP contribution in [0.3, 0.4) is 0 Å². The van der Waals surface area contributed by atoms with E-state index in [0.29, 0.717) is 24.8 Å². The molecule has 0 aromatic heterocycles. The fourth-order valence-electron chi connectivity index (χ4n) is 18.1. The number of carbonyl (C=O) groups is 6. The van der Waals surface area contributed by atoms with E-state index in [4.69, 9.17) is 42.0 Å². The molecule has 7 fully saturated rings. The van der Waals surface area contributed by atoms with Crippen molar-refractivity contribution in [3.05, 3.63) is 94.6 Å². The molecule has 472 valence electrons. The summed E-state index contributed by atoms with van der Waals surface area (Å²) in [6, 6.07) is 21.2. The summed E-state index contributed by atoms with van der Waals surface area (Å²) < 4.78 is 56.6. The van der Waals surface area contributed by atoms with Crippen molar-refractivity contribution in [2.24, 2.45) is 57.2 Å². The van der Waals surface area contributed by atoms with E-state index < -0.39 is 133 Å². The third kappa shape index (κ3) is 10.9. The van der Waals surface area contributed by atoms with Gasteiger partial charge in [-0.3, -0.25) is 19.2 Å². The summed E-state index contributed by atoms with van der Waals surface area (Å²) in [5, 5.41) is 13.3. The van der Waals surface area contributed by atoms with Gasteiger partial charge in [0.2, 0.25) is 0 Å². The zero-order valence-electron chi connectivity index (χ0n) is 55.5. The topological polar surface area (TPSA) is 206 Å². The maximum atomic E-state index is 15.0. The van der Waals surface area contributed by atoms with Crippen molar-refractivity contribution >= 4 is 52.3 Å². The molecule has 19 heteroatoms. The van der Waals surface area contributed by atoms with Gasteiger partial charge in [0, 0.05) is 60.2 Å². The normalized spacial score (nSPS) is 40.2. The maximum absolute atomic E-state index is 15.0. The van der Waals surface area contributed by atoms with E-state index in [-0.39, 0.29) is 74.1 Å². The number of carbonyl (C=O) groups excluding carboxylic acids is 6. The number of fused-ring (bicyclic) bond motifs is 10. The van der Waals surface area contributed by atoms with E-state index >= 15 is 4.79 Å². The van der Waals surface area contributed by atoms with Crippen LogP contribution < -0.4 is 18.9 Å². The Morgan fingerprint density at radius 1 is 0.632 bits per heavy atom. The van der Waals surface area contributed by atoms with Crippen molar-refractivity contribution in [2.75, 3.05) is 13.2 Å². The summed E-state index contributed by atoms with van der Waals surface area (Å²) >= 11 is 0. The van der Waals surface area contributed by atoms with Crippen LogP contribution in [0.1, 0.15) is 133 Å². The SMILES string of the molecule is CC(=O)O[C@@]12CO[C@@H]1C[C@H](C)[C@@]1(C)C(=O)[C@H](C)C3=C(C)[C@@H](O[Si](C)(C)C)C[C@@](O)([C@@H](OC(=O)c4ccccc4)C12)C3(C)C.CC(=O)O[C@@]12CO[C@@H]1C[C@H](C)[C@@]1(C)C(=O)[C@H](C)C3=C(C)[C@@H](O[Si](C)(C)C)C[C@]4(OC(=O)O[C@H]4C12)C3(C)C.[Li+].[c-]1ccccc1. The van der Waals surface area contributed by atoms with Crippen LogP contribution in [0.5, 0.6) is 0 Å². The number of ether oxygens (including phenoxy) is 7. The first-order valence-electron chi connectivity index (χ1n) is 31.0. The van der Waals surface area contributed by atoms with Crippen LogP contribution in [0.15, 0.2) is 83.0 Å². The second kappa shape index (κ2) is 23.5. The number of aliphatic hydroxyl groups is 1. The van der Waals surface area contributed by atoms with Crippen LogP contribution in [0.2, 0.25) is 39.3 Å². The number of ketones is 2. The average Bonchev–Trinajstić information content (AvgIpc) is 1.56. The van der Waals surface area contributed by atoms with Gasteiger partial charge in [0.05, 0.1) is 42.8 Å². The molecular formula is C68H95LiO16Si2. The van der Waals surface area contributed by atoms with E-state index in [9.17, 15) is 29.1 Å². The molecule has 11 rings (SSSR count). The van der Waals surface area contributed by atoms with Gasteiger partial charge in [0.1, 0.15) is 35.5 Å². The maximum Gasteiger partial charge on any atom is 1.00 e. The molecule has 4 bridgehead atoms. The Morgan fingerprint density at radius 2 is 1.07 bits per heavy atom. The van der Waals surface area contributed by atoms with Crippen LogP contribution in [-0.2, 0) is 61.2 Å². The van der Waals surface area contributed by atoms with Crippen LogP contribution >= 0.6 is 0 Å². The van der Waals surface area contributed by atoms with Gasteiger partial charge in [0.25, 0.3) is 0 Å². The minimum atomic E-state index is -2.13. The van der Waals surface area contributed by atoms with Gasteiger partial charge in [0.15, 0.2) is 39.5 Å². The summed E-state index contributed by atoms with van der Waals surface area (Å²) in [4.78, 5) is 82.0. The number of rotatable bonds is 8. The van der Waals surface area contributed by atoms with Gasteiger partial charge < -0.3 is 47.1 Å². The molecule has 0 radical (unpaired) electrons. The van der Waals surface area contributed by atoms with Crippen molar-refractivity contribution in [3.8, 4) is 0 Å². The molecule has 3 aliphatic heterocycles. The zero-order chi connectivity index (χ0) is 63.7. The van der Waals surface area contributed by atoms with E-state index in [1.807, 2.05) is 91.8 Å². The average molecular weight is 1230 g/mol. The molecule has 2 aromatic carbocycles. The zero-order valence-corrected chi connectivity index (χ0v) is 57.5. The van der Waals surface area contributed by atoms with E-state index in [2.05, 4.69) is 73.0 Å². The molecule has 3 heterocycles. The summed E-state index contributed by atoms with van der Waals surface area (Å²) in [7, 11) is -4.14. The first-order chi connectivity index (χ1) is 39.7. The number of hydrogen-bond donors (Lipinski definition) is 1. The quantitative estimate of drug-likeness (QED) is 0.0862. The molecule has 2 aromatic rings. The molecule has 4 saturated carbocycles. The Balaban J connectivity index is 0.000000205. The molecule has 87 heavy (non-hydrogen) atoms. The summed E-state index contributed by atoms with van der Waals surface area (Å²) in [6.45, 7) is 39.5. The second-order valence-corrected chi connectivity index (χ2v) is 38.8. The Labute approximate surface area is 530 Å². The van der Waals surface area contributed by atoms with Gasteiger partial charge >= 0.3 is 42.9 Å². The molecule has 16 nitrogen and oxygen atoms in total. The third-order valence-corrected chi connectivity index (χ3v) is 24.2. The summed E-state index contributed by atoms with van der Waals surface area (Å²) in [6.07, 6.45) is -2.79. The predicted molar refractivity (Wildman–Crippen MR) is 326 cm³/mol. The first-order valence-corrected chi connectivity index (χ1v) is 37.8. The first kappa shape index (κ1) is 68.7. The van der Waals surface area contributed by atoms with Crippen molar-refractivity contribution < 1.29 is 94.7 Å². The van der Waals surface area contributed by atoms with Gasteiger partial charge in [-0.25, -0.2) is 9.59 Å². The minimum Gasteiger partial charge on any atom is -0.455 e. The fraction of sp³-hybridized carbons (Fsp3) is 0.676. The summed E-state index contributed by atoms with van der Waals surface area (Å²) in [5.41, 5.74) is -4.74. The van der Waals surface area contributed by atoms with Crippen LogP contribution in [0.4, 0.5) is 4.79 Å². The van der Waals surface area contributed by atoms with E-state index in [0.717, 1.165) is 22.3 Å². The monoisotopic (exact) mass is 1230 g/mol. The molecular weight excluding hydrogens is 1140 g/mol. The molecule has 1 N–H and O–H groups in total. The van der Waals surface area contributed by atoms with Gasteiger partial charge in [-0.05, 0) is 112 Å². The van der Waals surface area contributed by atoms with Crippen molar-refractivity contribution in [3.63, 3.8) is 0 Å². The van der Waals surface area contributed by atoms with Crippen LogP contribution in [0.25, 0.3) is 0 Å². The largest absolute Gasteiger partial charge is 1.00 e. The minimum absolute atomic E-state index is 0. The van der Waals surface area contributed by atoms with Crippen molar-refractivity contribution in [1.29, 1.82) is 0 Å². The van der Waals surface area contributed by atoms with Gasteiger partial charge in [-0.1, -0.05) is 87.4 Å². The molecule has 6 aliphatic carbocycles. The Bertz CT molecular complexity index is 3050. The standard InChI is InChI=1S/C34H48O8Si.C28H42O8Si.C6H5.Li/c1-19-16-25-33(18-39-25,41-22(4)35)27-29(40-30(37)23-14-12-11-13-15-23)34(38)17-24(42-43(8,9)10)20(2)26(31(34,5)6)21(3)28(36)32(19,27)7;1-14-11-19-27(13-32-19,34-17(4)29)21-23-28(35-24(31)33-23)12-18(36-37(8,9)10)15(2)20(25(28,5)6)16(3)22(30)26(14,21)7;1-2-4-6-5-3-1;/h11-15,19,21,24-25,27,29,38H,16-18H2,1-10H3;14,16,18-19,21,23H,11-13H2,1-10H3;1-5H;/q;;-1;+1/t19-,21+,24-,25+,27?,29-,32+,33-,34+;14-,16+,18-,19+,21?,23-,26+,27-,28+;;/m00../s1. The third-order valence-electron chi connectivity index (χ3n) is 22.2. The van der Waals surface area contributed by atoms with Crippen LogP contribution in [-0.4, -0.2) is 130 Å². The van der Waals surface area contributed by atoms with Gasteiger partial charge in [-0.15, -0.1) is 0 Å². The predicted octanol–water partition coefficient (Wildman–Crippen LogP) is 8.79. The summed E-state index contributed by atoms with van der Waals surface area (Å²) in [5.74, 6) is -4.28. The molecule has 2 unspecified atom stereocenters. The Morgan fingerprint density at radius 3 is 1.48 bits per heavy atom. The van der Waals surface area contributed by atoms with E-state index in [1.165, 1.54) is 13.8 Å². The smallest absolute Gasteiger partial charge is 0.455 e. The molecule has 1 spiro atoms. The van der Waals surface area contributed by atoms with Crippen molar-refractivity contribution in [1.82, 2.24) is 0 Å². The Kier molecular flexibility index (Phi) is 18.5. The fourth-order valence-corrected chi connectivity index (χ4v) is 20.3. The second-order valence-electron chi connectivity index (χ2n) is 29.9.